The van der Waals surface area contributed by atoms with Crippen molar-refractivity contribution < 1.29 is 27.9 Å². The van der Waals surface area contributed by atoms with Gasteiger partial charge in [-0.25, -0.2) is 13.2 Å². The van der Waals surface area contributed by atoms with Crippen LogP contribution in [-0.4, -0.2) is 60.5 Å². The molecule has 0 spiro atoms. The van der Waals surface area contributed by atoms with Crippen LogP contribution in [0.4, 0.5) is 0 Å². The Kier molecular flexibility index (Phi) is 5.72. The fraction of sp³-hybridized carbons (Fsp3) is 0.529. The van der Waals surface area contributed by atoms with Gasteiger partial charge >= 0.3 is 5.97 Å². The highest BCUT2D eigenvalue weighted by Gasteiger charge is 2.36. The van der Waals surface area contributed by atoms with E-state index in [1.165, 1.54) is 24.0 Å². The van der Waals surface area contributed by atoms with Crippen molar-refractivity contribution in [1.82, 2.24) is 4.90 Å². The zero-order chi connectivity index (χ0) is 18.8. The summed E-state index contributed by atoms with van der Waals surface area (Å²) < 4.78 is 28.5. The van der Waals surface area contributed by atoms with Crippen LogP contribution < -0.4 is 0 Å². The molecule has 2 rings (SSSR count). The van der Waals surface area contributed by atoms with Crippen molar-refractivity contribution in [3.63, 3.8) is 0 Å². The molecule has 1 amide bonds. The van der Waals surface area contributed by atoms with Gasteiger partial charge in [-0.15, -0.1) is 0 Å². The van der Waals surface area contributed by atoms with E-state index in [-0.39, 0.29) is 22.8 Å². The second kappa shape index (κ2) is 7.43. The van der Waals surface area contributed by atoms with Crippen LogP contribution in [0, 0.1) is 6.92 Å². The first-order valence-electron chi connectivity index (χ1n) is 8.16. The smallest absolute Gasteiger partial charge is 0.342 e. The monoisotopic (exact) mass is 369 g/mol. The number of rotatable bonds is 5. The molecule has 1 aliphatic rings. The molecule has 1 N–H and O–H groups in total. The van der Waals surface area contributed by atoms with Crippen LogP contribution >= 0.6 is 0 Å². The maximum atomic E-state index is 12.6. The molecule has 1 aromatic rings. The van der Waals surface area contributed by atoms with E-state index in [4.69, 9.17) is 4.74 Å². The lowest BCUT2D eigenvalue weighted by atomic mass is 10.1. The number of hydrogen-bond donors (Lipinski definition) is 1. The standard InChI is InChI=1S/C17H23NO6S/c1-4-18(13-7-8-25(22,23)10-13)16(20)12(3)24-17(21)14-9-11(2)5-6-15(14)19/h5-6,9,12-13,19H,4,7-8,10H2,1-3H3/t12-,13+/m0/s1. The first-order chi connectivity index (χ1) is 11.6. The zero-order valence-corrected chi connectivity index (χ0v) is 15.4. The number of sulfone groups is 1. The SMILES string of the molecule is CCN(C(=O)[C@H](C)OC(=O)c1cc(C)ccc1O)[C@@H]1CCS(=O)(=O)C1. The van der Waals surface area contributed by atoms with Gasteiger partial charge in [0.1, 0.15) is 11.3 Å². The Balaban J connectivity index is 2.08. The fourth-order valence-electron chi connectivity index (χ4n) is 2.94. The molecule has 1 heterocycles. The second-order valence-corrected chi connectivity index (χ2v) is 8.48. The number of phenols is 1. The summed E-state index contributed by atoms with van der Waals surface area (Å²) in [4.78, 5) is 26.2. The molecule has 0 aliphatic carbocycles. The quantitative estimate of drug-likeness (QED) is 0.785. The summed E-state index contributed by atoms with van der Waals surface area (Å²) in [6.07, 6.45) is -0.683. The third-order valence-corrected chi connectivity index (χ3v) is 6.03. The third-order valence-electron chi connectivity index (χ3n) is 4.28. The molecule has 1 aliphatic heterocycles. The van der Waals surface area contributed by atoms with Crippen LogP contribution in [0.3, 0.4) is 0 Å². The van der Waals surface area contributed by atoms with Crippen LogP contribution in [0.15, 0.2) is 18.2 Å². The molecule has 8 heteroatoms. The molecular weight excluding hydrogens is 346 g/mol. The molecule has 7 nitrogen and oxygen atoms in total. The highest BCUT2D eigenvalue weighted by molar-refractivity contribution is 7.91. The van der Waals surface area contributed by atoms with Crippen LogP contribution in [0.5, 0.6) is 5.75 Å². The average Bonchev–Trinajstić information content (AvgIpc) is 2.89. The van der Waals surface area contributed by atoms with Gasteiger partial charge in [-0.05, 0) is 39.3 Å². The number of carbonyl (C=O) groups excluding carboxylic acids is 2. The van der Waals surface area contributed by atoms with Gasteiger partial charge < -0.3 is 14.7 Å². The predicted octanol–water partition coefficient (Wildman–Crippen LogP) is 1.28. The summed E-state index contributed by atoms with van der Waals surface area (Å²) in [6, 6.07) is 4.13. The first kappa shape index (κ1) is 19.2. The average molecular weight is 369 g/mol. The number of benzene rings is 1. The molecule has 2 atom stereocenters. The summed E-state index contributed by atoms with van der Waals surface area (Å²) in [5.41, 5.74) is 0.765. The number of aromatic hydroxyl groups is 1. The molecule has 0 aromatic heterocycles. The van der Waals surface area contributed by atoms with Gasteiger partial charge in [0.25, 0.3) is 5.91 Å². The molecule has 138 valence electrons. The van der Waals surface area contributed by atoms with Crippen LogP contribution in [0.2, 0.25) is 0 Å². The third kappa shape index (κ3) is 4.50. The number of esters is 1. The van der Waals surface area contributed by atoms with Crippen LogP contribution in [0.1, 0.15) is 36.2 Å². The van der Waals surface area contributed by atoms with E-state index < -0.39 is 33.9 Å². The Bertz CT molecular complexity index is 773. The van der Waals surface area contributed by atoms with Gasteiger partial charge in [-0.1, -0.05) is 11.6 Å². The lowest BCUT2D eigenvalue weighted by molar-refractivity contribution is -0.141. The fourth-order valence-corrected chi connectivity index (χ4v) is 4.67. The number of likely N-dealkylation sites (N-methyl/N-ethyl adjacent to an activating group) is 1. The van der Waals surface area contributed by atoms with Gasteiger partial charge in [0.15, 0.2) is 15.9 Å². The molecule has 0 radical (unpaired) electrons. The number of aryl methyl sites for hydroxylation is 1. The zero-order valence-electron chi connectivity index (χ0n) is 14.6. The Morgan fingerprint density at radius 2 is 2.08 bits per heavy atom. The number of phenolic OH excluding ortho intramolecular Hbond substituents is 1. The van der Waals surface area contributed by atoms with Gasteiger partial charge in [0, 0.05) is 12.6 Å². The van der Waals surface area contributed by atoms with Crippen molar-refractivity contribution in [3.8, 4) is 5.75 Å². The van der Waals surface area contributed by atoms with E-state index in [1.807, 2.05) is 0 Å². The van der Waals surface area contributed by atoms with Crippen molar-refractivity contribution in [2.75, 3.05) is 18.1 Å². The molecule has 1 fully saturated rings. The maximum absolute atomic E-state index is 12.6. The number of amides is 1. The predicted molar refractivity (Wildman–Crippen MR) is 92.2 cm³/mol. The van der Waals surface area contributed by atoms with E-state index in [1.54, 1.807) is 19.9 Å². The van der Waals surface area contributed by atoms with Crippen molar-refractivity contribution in [2.24, 2.45) is 0 Å². The van der Waals surface area contributed by atoms with Crippen LogP contribution in [0.25, 0.3) is 0 Å². The minimum atomic E-state index is -3.12. The summed E-state index contributed by atoms with van der Waals surface area (Å²) in [5.74, 6) is -1.45. The first-order valence-corrected chi connectivity index (χ1v) is 9.98. The van der Waals surface area contributed by atoms with E-state index >= 15 is 0 Å². The molecule has 0 bridgehead atoms. The largest absolute Gasteiger partial charge is 0.507 e. The molecule has 25 heavy (non-hydrogen) atoms. The lowest BCUT2D eigenvalue weighted by Gasteiger charge is -2.29. The number of nitrogens with zero attached hydrogens (tertiary/aromatic N) is 1. The summed E-state index contributed by atoms with van der Waals surface area (Å²) in [5, 5.41) is 9.78. The molecule has 1 aromatic carbocycles. The summed E-state index contributed by atoms with van der Waals surface area (Å²) in [7, 11) is -3.12. The van der Waals surface area contributed by atoms with Crippen molar-refractivity contribution in [3.05, 3.63) is 29.3 Å². The van der Waals surface area contributed by atoms with Crippen molar-refractivity contribution in [1.29, 1.82) is 0 Å². The molecule has 0 saturated carbocycles. The Morgan fingerprint density at radius 3 is 2.64 bits per heavy atom. The van der Waals surface area contributed by atoms with Gasteiger partial charge in [0.2, 0.25) is 0 Å². The topological polar surface area (TPSA) is 101 Å². The Hall–Kier alpha value is -2.09. The minimum Gasteiger partial charge on any atom is -0.507 e. The van der Waals surface area contributed by atoms with Gasteiger partial charge in [0.05, 0.1) is 11.5 Å². The summed E-state index contributed by atoms with van der Waals surface area (Å²) in [6.45, 7) is 5.30. The van der Waals surface area contributed by atoms with Crippen LogP contribution in [-0.2, 0) is 19.4 Å². The van der Waals surface area contributed by atoms with E-state index in [2.05, 4.69) is 0 Å². The highest BCUT2D eigenvalue weighted by atomic mass is 32.2. The van der Waals surface area contributed by atoms with Crippen molar-refractivity contribution >= 4 is 21.7 Å². The molecule has 0 unspecified atom stereocenters. The van der Waals surface area contributed by atoms with E-state index in [0.29, 0.717) is 13.0 Å². The van der Waals surface area contributed by atoms with Gasteiger partial charge in [-0.3, -0.25) is 4.79 Å². The van der Waals surface area contributed by atoms with E-state index in [9.17, 15) is 23.1 Å². The maximum Gasteiger partial charge on any atom is 0.342 e. The van der Waals surface area contributed by atoms with Crippen molar-refractivity contribution in [2.45, 2.75) is 39.3 Å². The Labute approximate surface area is 147 Å². The molecular formula is C17H23NO6S. The van der Waals surface area contributed by atoms with Gasteiger partial charge in [-0.2, -0.15) is 0 Å². The summed E-state index contributed by atoms with van der Waals surface area (Å²) >= 11 is 0. The minimum absolute atomic E-state index is 0.00820. The number of carbonyl (C=O) groups is 2. The molecule has 1 saturated heterocycles. The highest BCUT2D eigenvalue weighted by Crippen LogP contribution is 2.22. The Morgan fingerprint density at radius 1 is 1.40 bits per heavy atom. The normalized spacial score (nSPS) is 20.0. The lowest BCUT2D eigenvalue weighted by Crippen LogP contribution is -2.46. The number of ether oxygens (including phenoxy) is 1. The van der Waals surface area contributed by atoms with E-state index in [0.717, 1.165) is 5.56 Å². The number of hydrogen-bond acceptors (Lipinski definition) is 6. The second-order valence-electron chi connectivity index (χ2n) is 6.25.